The van der Waals surface area contributed by atoms with E-state index in [0.29, 0.717) is 5.56 Å². The third kappa shape index (κ3) is 9.25. The van der Waals surface area contributed by atoms with E-state index >= 15 is 0 Å². The Bertz CT molecular complexity index is 895. The van der Waals surface area contributed by atoms with Crippen molar-refractivity contribution in [2.45, 2.75) is 50.0 Å². The van der Waals surface area contributed by atoms with Gasteiger partial charge in [-0.15, -0.1) is 0 Å². The summed E-state index contributed by atoms with van der Waals surface area (Å²) in [4.78, 5) is 60.1. The largest absolute Gasteiger partial charge is 0.508 e. The Morgan fingerprint density at radius 3 is 2.00 bits per heavy atom. The molecule has 0 aliphatic heterocycles. The van der Waals surface area contributed by atoms with Gasteiger partial charge < -0.3 is 42.7 Å². The summed E-state index contributed by atoms with van der Waals surface area (Å²) in [6.07, 6.45) is -2.25. The maximum atomic E-state index is 13.0. The molecular weight excluding hydrogens is 470 g/mol. The molecule has 1 rings (SSSR count). The van der Waals surface area contributed by atoms with Crippen molar-refractivity contribution in [3.8, 4) is 5.75 Å². The van der Waals surface area contributed by atoms with E-state index in [1.54, 1.807) is 0 Å². The zero-order valence-corrected chi connectivity index (χ0v) is 19.2. The average Bonchev–Trinajstić information content (AvgIpc) is 2.76. The number of phenolic OH excluding ortho intramolecular Hbond substituents is 1. The maximum Gasteiger partial charge on any atom is 0.326 e. The number of nitrogens with one attached hydrogen (secondary N) is 3. The summed E-state index contributed by atoms with van der Waals surface area (Å²) in [7, 11) is 0. The molecule has 1 aromatic rings. The van der Waals surface area contributed by atoms with Crippen LogP contribution in [-0.4, -0.2) is 80.9 Å². The predicted octanol–water partition coefficient (Wildman–Crippen LogP) is -3.01. The van der Waals surface area contributed by atoms with Crippen molar-refractivity contribution >= 4 is 42.2 Å². The van der Waals surface area contributed by atoms with Gasteiger partial charge in [0.25, 0.3) is 0 Å². The lowest BCUT2D eigenvalue weighted by Crippen LogP contribution is -2.60. The van der Waals surface area contributed by atoms with Gasteiger partial charge in [-0.25, -0.2) is 4.79 Å². The molecule has 0 bridgehead atoms. The minimum absolute atomic E-state index is 0.00543. The molecule has 14 heteroatoms. The number of hydrogen-bond acceptors (Lipinski definition) is 9. The first-order valence-electron chi connectivity index (χ1n) is 10.1. The fraction of sp³-hybridized carbons (Fsp3) is 0.450. The number of phenols is 1. The normalized spacial score (nSPS) is 15.2. The molecule has 0 aromatic heterocycles. The molecule has 13 nitrogen and oxygen atoms in total. The van der Waals surface area contributed by atoms with Crippen LogP contribution in [0, 0.1) is 0 Å². The van der Waals surface area contributed by atoms with Crippen LogP contribution in [0.25, 0.3) is 0 Å². The quantitative estimate of drug-likeness (QED) is 0.125. The van der Waals surface area contributed by atoms with Crippen molar-refractivity contribution < 1.29 is 39.3 Å². The first-order valence-corrected chi connectivity index (χ1v) is 10.7. The van der Waals surface area contributed by atoms with E-state index in [1.165, 1.54) is 31.2 Å². The molecule has 188 valence electrons. The number of thiol groups is 1. The van der Waals surface area contributed by atoms with Gasteiger partial charge in [0, 0.05) is 12.2 Å². The van der Waals surface area contributed by atoms with Crippen LogP contribution in [0.4, 0.5) is 0 Å². The van der Waals surface area contributed by atoms with Crippen LogP contribution >= 0.6 is 12.6 Å². The van der Waals surface area contributed by atoms with E-state index in [4.69, 9.17) is 16.6 Å². The average molecular weight is 500 g/mol. The van der Waals surface area contributed by atoms with Crippen LogP contribution in [0.3, 0.4) is 0 Å². The molecule has 0 spiro atoms. The molecule has 0 saturated heterocycles. The Kier molecular flexibility index (Phi) is 11.3. The highest BCUT2D eigenvalue weighted by Crippen LogP contribution is 2.12. The molecule has 5 atom stereocenters. The molecular formula is C20H29N5O8S. The molecule has 34 heavy (non-hydrogen) atoms. The van der Waals surface area contributed by atoms with Gasteiger partial charge in [-0.2, -0.15) is 12.6 Å². The standard InChI is InChI=1S/C20H29N5O8S/c1-9(26)16(19(31)24-14(20(32)33)7-15(22)28)25-18(30)13(23-17(29)12(21)8-34)6-10-2-4-11(27)5-3-10/h2-5,9,12-14,16,26-27,34H,6-8,21H2,1H3,(H2,22,28)(H,23,29)(H,24,31)(H,25,30)(H,32,33). The van der Waals surface area contributed by atoms with E-state index in [-0.39, 0.29) is 17.9 Å². The maximum absolute atomic E-state index is 13.0. The molecule has 5 unspecified atom stereocenters. The molecule has 10 N–H and O–H groups in total. The number of carbonyl (C=O) groups is 5. The second-order valence-electron chi connectivity index (χ2n) is 7.52. The van der Waals surface area contributed by atoms with Crippen molar-refractivity contribution in [2.75, 3.05) is 5.75 Å². The highest BCUT2D eigenvalue weighted by atomic mass is 32.1. The Morgan fingerprint density at radius 2 is 1.53 bits per heavy atom. The lowest BCUT2D eigenvalue weighted by molar-refractivity contribution is -0.144. The smallest absolute Gasteiger partial charge is 0.326 e. The number of aliphatic hydroxyl groups excluding tert-OH is 1. The molecule has 0 heterocycles. The zero-order valence-electron chi connectivity index (χ0n) is 18.3. The number of primary amides is 1. The van der Waals surface area contributed by atoms with Crippen molar-refractivity contribution in [3.05, 3.63) is 29.8 Å². The first-order chi connectivity index (χ1) is 15.8. The number of amides is 4. The fourth-order valence-electron chi connectivity index (χ4n) is 2.76. The lowest BCUT2D eigenvalue weighted by Gasteiger charge is -2.26. The number of rotatable bonds is 13. The van der Waals surface area contributed by atoms with Crippen molar-refractivity contribution in [3.63, 3.8) is 0 Å². The first kappa shape index (κ1) is 28.7. The number of aliphatic hydroxyl groups is 1. The number of aromatic hydroxyl groups is 1. The van der Waals surface area contributed by atoms with Crippen molar-refractivity contribution in [1.29, 1.82) is 0 Å². The third-order valence-corrected chi connectivity index (χ3v) is 5.02. The van der Waals surface area contributed by atoms with Gasteiger partial charge in [0.15, 0.2) is 0 Å². The number of hydrogen-bond donors (Lipinski definition) is 9. The molecule has 0 aliphatic carbocycles. The fourth-order valence-corrected chi connectivity index (χ4v) is 2.93. The number of carboxylic acid groups (broad SMARTS) is 1. The van der Waals surface area contributed by atoms with Crippen molar-refractivity contribution in [2.24, 2.45) is 11.5 Å². The van der Waals surface area contributed by atoms with Gasteiger partial charge >= 0.3 is 5.97 Å². The number of aliphatic carboxylic acids is 1. The van der Waals surface area contributed by atoms with E-state index in [1.807, 2.05) is 5.32 Å². The Hall–Kier alpha value is -3.36. The van der Waals surface area contributed by atoms with Crippen molar-refractivity contribution in [1.82, 2.24) is 16.0 Å². The van der Waals surface area contributed by atoms with Crippen LogP contribution in [0.1, 0.15) is 18.9 Å². The number of benzene rings is 1. The molecule has 0 saturated carbocycles. The molecule has 0 aliphatic rings. The number of nitrogens with two attached hydrogens (primary N) is 2. The third-order valence-electron chi connectivity index (χ3n) is 4.63. The highest BCUT2D eigenvalue weighted by Gasteiger charge is 2.33. The summed E-state index contributed by atoms with van der Waals surface area (Å²) < 4.78 is 0. The van der Waals surface area contributed by atoms with Gasteiger partial charge in [0.1, 0.15) is 23.9 Å². The summed E-state index contributed by atoms with van der Waals surface area (Å²) in [6.45, 7) is 1.18. The topological polar surface area (TPSA) is 234 Å². The predicted molar refractivity (Wildman–Crippen MR) is 123 cm³/mol. The lowest BCUT2D eigenvalue weighted by atomic mass is 10.0. The van der Waals surface area contributed by atoms with Gasteiger partial charge in [-0.05, 0) is 24.6 Å². The minimum Gasteiger partial charge on any atom is -0.508 e. The molecule has 1 aromatic carbocycles. The van der Waals surface area contributed by atoms with E-state index in [0.717, 1.165) is 0 Å². The second kappa shape index (κ2) is 13.4. The summed E-state index contributed by atoms with van der Waals surface area (Å²) in [6, 6.07) is 0.201. The van der Waals surface area contributed by atoms with E-state index in [2.05, 4.69) is 23.3 Å². The van der Waals surface area contributed by atoms with Crippen LogP contribution in [0.5, 0.6) is 5.75 Å². The van der Waals surface area contributed by atoms with Gasteiger partial charge in [0.05, 0.1) is 18.6 Å². The SMILES string of the molecule is CC(O)C(NC(=O)C(Cc1ccc(O)cc1)NC(=O)C(N)CS)C(=O)NC(CC(N)=O)C(=O)O. The molecule has 0 radical (unpaired) electrons. The van der Waals surface area contributed by atoms with Crippen LogP contribution in [0.15, 0.2) is 24.3 Å². The highest BCUT2D eigenvalue weighted by molar-refractivity contribution is 7.80. The van der Waals surface area contributed by atoms with Crippen LogP contribution in [-0.2, 0) is 30.4 Å². The van der Waals surface area contributed by atoms with Gasteiger partial charge in [0.2, 0.25) is 23.6 Å². The Morgan fingerprint density at radius 1 is 0.971 bits per heavy atom. The second-order valence-corrected chi connectivity index (χ2v) is 7.88. The summed E-state index contributed by atoms with van der Waals surface area (Å²) in [5.74, 6) is -5.20. The van der Waals surface area contributed by atoms with E-state index < -0.39 is 66.3 Å². The van der Waals surface area contributed by atoms with E-state index in [9.17, 15) is 34.2 Å². The van der Waals surface area contributed by atoms with Gasteiger partial charge in [-0.1, -0.05) is 12.1 Å². The number of carbonyl (C=O) groups excluding carboxylic acids is 4. The summed E-state index contributed by atoms with van der Waals surface area (Å²) in [5, 5.41) is 35.4. The molecule has 4 amide bonds. The number of carboxylic acids is 1. The monoisotopic (exact) mass is 499 g/mol. The van der Waals surface area contributed by atoms with Gasteiger partial charge in [-0.3, -0.25) is 19.2 Å². The summed E-state index contributed by atoms with van der Waals surface area (Å²) in [5.41, 5.74) is 11.2. The Labute approximate surface area is 200 Å². The molecule has 0 fully saturated rings. The summed E-state index contributed by atoms with van der Waals surface area (Å²) >= 11 is 3.94. The van der Waals surface area contributed by atoms with Crippen LogP contribution in [0.2, 0.25) is 0 Å². The Balaban J connectivity index is 3.08. The minimum atomic E-state index is -1.68. The zero-order chi connectivity index (χ0) is 26.0. The van der Waals surface area contributed by atoms with Crippen LogP contribution < -0.4 is 27.4 Å².